The van der Waals surface area contributed by atoms with Gasteiger partial charge in [0.15, 0.2) is 0 Å². The van der Waals surface area contributed by atoms with Gasteiger partial charge in [0.2, 0.25) is 11.8 Å². The number of nitrogens with zero attached hydrogens (tertiary/aromatic N) is 2. The number of aromatic amines is 1. The first-order chi connectivity index (χ1) is 11.7. The average molecular weight is 324 g/mol. The van der Waals surface area contributed by atoms with Gasteiger partial charge in [-0.3, -0.25) is 14.7 Å². The van der Waals surface area contributed by atoms with Crippen molar-refractivity contribution in [2.75, 3.05) is 18.4 Å². The van der Waals surface area contributed by atoms with Gasteiger partial charge in [0, 0.05) is 43.0 Å². The molecule has 0 radical (unpaired) electrons. The van der Waals surface area contributed by atoms with Gasteiger partial charge in [0.05, 0.1) is 5.92 Å². The number of rotatable bonds is 2. The molecule has 2 N–H and O–H groups in total. The van der Waals surface area contributed by atoms with E-state index in [-0.39, 0.29) is 30.1 Å². The number of hydrogen-bond acceptors (Lipinski definition) is 3. The maximum absolute atomic E-state index is 13.1. The van der Waals surface area contributed by atoms with E-state index in [0.717, 1.165) is 36.3 Å². The highest BCUT2D eigenvalue weighted by Crippen LogP contribution is 2.35. The highest BCUT2D eigenvalue weighted by atomic mass is 16.2. The van der Waals surface area contributed by atoms with Crippen LogP contribution in [0.4, 0.5) is 5.69 Å². The molecule has 6 nitrogen and oxygen atoms in total. The monoisotopic (exact) mass is 324 g/mol. The molecule has 0 unspecified atom stereocenters. The van der Waals surface area contributed by atoms with E-state index in [9.17, 15) is 9.59 Å². The van der Waals surface area contributed by atoms with Crippen LogP contribution in [0.25, 0.3) is 0 Å². The number of carbonyl (C=O) groups excluding carboxylic acids is 2. The van der Waals surface area contributed by atoms with Crippen molar-refractivity contribution in [1.82, 2.24) is 15.1 Å². The van der Waals surface area contributed by atoms with Gasteiger partial charge in [-0.1, -0.05) is 18.2 Å². The minimum Gasteiger partial charge on any atom is -0.341 e. The third-order valence-corrected chi connectivity index (χ3v) is 4.99. The molecule has 1 aromatic heterocycles. The molecule has 1 fully saturated rings. The highest BCUT2D eigenvalue weighted by molar-refractivity contribution is 6.01. The Balaban J connectivity index is 1.56. The van der Waals surface area contributed by atoms with Crippen LogP contribution in [0.2, 0.25) is 0 Å². The number of likely N-dealkylation sites (tertiary alicyclic amines) is 1. The SMILES string of the molecule is O=C1C[C@@H](C(=O)N2CCC[C@@H](c3ccn[nH]3)C2)c2ccccc2N1. The van der Waals surface area contributed by atoms with E-state index in [2.05, 4.69) is 15.5 Å². The number of amides is 2. The first-order valence-electron chi connectivity index (χ1n) is 8.39. The van der Waals surface area contributed by atoms with E-state index in [1.165, 1.54) is 0 Å². The topological polar surface area (TPSA) is 78.1 Å². The van der Waals surface area contributed by atoms with Gasteiger partial charge in [0.25, 0.3) is 0 Å². The van der Waals surface area contributed by atoms with Crippen molar-refractivity contribution in [2.45, 2.75) is 31.1 Å². The normalized spacial score (nSPS) is 23.5. The van der Waals surface area contributed by atoms with Crippen LogP contribution in [0.1, 0.15) is 42.4 Å². The Hall–Kier alpha value is -2.63. The van der Waals surface area contributed by atoms with Crippen LogP contribution in [0, 0.1) is 0 Å². The van der Waals surface area contributed by atoms with Crippen molar-refractivity contribution >= 4 is 17.5 Å². The summed E-state index contributed by atoms with van der Waals surface area (Å²) in [5.41, 5.74) is 2.76. The van der Waals surface area contributed by atoms with Gasteiger partial charge in [-0.2, -0.15) is 5.10 Å². The Morgan fingerprint density at radius 2 is 2.12 bits per heavy atom. The van der Waals surface area contributed by atoms with Gasteiger partial charge in [-0.15, -0.1) is 0 Å². The summed E-state index contributed by atoms with van der Waals surface area (Å²) in [5.74, 6) is -0.121. The summed E-state index contributed by atoms with van der Waals surface area (Å²) < 4.78 is 0. The summed E-state index contributed by atoms with van der Waals surface area (Å²) in [6, 6.07) is 9.56. The second-order valence-electron chi connectivity index (χ2n) is 6.53. The number of carbonyl (C=O) groups is 2. The Labute approximate surface area is 140 Å². The number of fused-ring (bicyclic) bond motifs is 1. The molecule has 0 spiro atoms. The second-order valence-corrected chi connectivity index (χ2v) is 6.53. The maximum Gasteiger partial charge on any atom is 0.230 e. The van der Waals surface area contributed by atoms with Crippen molar-refractivity contribution in [3.05, 3.63) is 47.8 Å². The lowest BCUT2D eigenvalue weighted by Gasteiger charge is -2.36. The van der Waals surface area contributed by atoms with Crippen LogP contribution in [0.3, 0.4) is 0 Å². The van der Waals surface area contributed by atoms with E-state index < -0.39 is 0 Å². The molecule has 2 aromatic rings. The first-order valence-corrected chi connectivity index (χ1v) is 8.39. The van der Waals surface area contributed by atoms with Crippen molar-refractivity contribution in [3.8, 4) is 0 Å². The lowest BCUT2D eigenvalue weighted by atomic mass is 9.87. The molecule has 0 saturated carbocycles. The number of hydrogen-bond donors (Lipinski definition) is 2. The van der Waals surface area contributed by atoms with E-state index in [0.29, 0.717) is 6.54 Å². The van der Waals surface area contributed by atoms with Crippen LogP contribution in [-0.2, 0) is 9.59 Å². The van der Waals surface area contributed by atoms with E-state index in [4.69, 9.17) is 0 Å². The minimum absolute atomic E-state index is 0.0570. The predicted molar refractivity (Wildman–Crippen MR) is 89.6 cm³/mol. The summed E-state index contributed by atoms with van der Waals surface area (Å²) >= 11 is 0. The summed E-state index contributed by atoms with van der Waals surface area (Å²) in [6.45, 7) is 1.44. The molecule has 24 heavy (non-hydrogen) atoms. The zero-order valence-corrected chi connectivity index (χ0v) is 13.4. The fourth-order valence-corrected chi connectivity index (χ4v) is 3.78. The van der Waals surface area contributed by atoms with Crippen LogP contribution in [-0.4, -0.2) is 40.0 Å². The number of benzene rings is 1. The standard InChI is InChI=1S/C18H20N4O2/c23-17-10-14(13-5-1-2-6-16(13)20-17)18(24)22-9-3-4-12(11-22)15-7-8-19-21-15/h1-2,5-8,12,14H,3-4,9-11H2,(H,19,21)(H,20,23)/t12-,14-/m1/s1. The molecule has 0 bridgehead atoms. The van der Waals surface area contributed by atoms with Crippen LogP contribution in [0.5, 0.6) is 0 Å². The molecule has 3 heterocycles. The van der Waals surface area contributed by atoms with Crippen molar-refractivity contribution in [1.29, 1.82) is 0 Å². The third kappa shape index (κ3) is 2.68. The third-order valence-electron chi connectivity index (χ3n) is 4.99. The lowest BCUT2D eigenvalue weighted by Crippen LogP contribution is -2.43. The number of piperidine rings is 1. The summed E-state index contributed by atoms with van der Waals surface area (Å²) in [4.78, 5) is 27.0. The smallest absolute Gasteiger partial charge is 0.230 e. The molecule has 4 rings (SSSR count). The number of H-pyrrole nitrogens is 1. The molecular weight excluding hydrogens is 304 g/mol. The fourth-order valence-electron chi connectivity index (χ4n) is 3.78. The predicted octanol–water partition coefficient (Wildman–Crippen LogP) is 2.24. The fraction of sp³-hybridized carbons (Fsp3) is 0.389. The van der Waals surface area contributed by atoms with Gasteiger partial charge in [-0.05, 0) is 30.5 Å². The van der Waals surface area contributed by atoms with Gasteiger partial charge in [0.1, 0.15) is 0 Å². The number of aromatic nitrogens is 2. The molecule has 1 aromatic carbocycles. The minimum atomic E-state index is -0.379. The molecule has 6 heteroatoms. The molecule has 2 atom stereocenters. The molecule has 0 aliphatic carbocycles. The van der Waals surface area contributed by atoms with Crippen molar-refractivity contribution in [3.63, 3.8) is 0 Å². The molecule has 2 aliphatic rings. The van der Waals surface area contributed by atoms with E-state index in [1.54, 1.807) is 6.20 Å². The van der Waals surface area contributed by atoms with Gasteiger partial charge < -0.3 is 10.2 Å². The first kappa shape index (κ1) is 14.9. The van der Waals surface area contributed by atoms with Crippen LogP contribution in [0.15, 0.2) is 36.5 Å². The Morgan fingerprint density at radius 1 is 1.25 bits per heavy atom. The zero-order chi connectivity index (χ0) is 16.5. The molecule has 2 aliphatic heterocycles. The summed E-state index contributed by atoms with van der Waals surface area (Å²) in [5, 5.41) is 9.89. The summed E-state index contributed by atoms with van der Waals surface area (Å²) in [6.07, 6.45) is 3.99. The molecule has 2 amide bonds. The molecule has 1 saturated heterocycles. The highest BCUT2D eigenvalue weighted by Gasteiger charge is 2.35. The van der Waals surface area contributed by atoms with Crippen molar-refractivity contribution < 1.29 is 9.59 Å². The number of para-hydroxylation sites is 1. The van der Waals surface area contributed by atoms with Gasteiger partial charge in [-0.25, -0.2) is 0 Å². The lowest BCUT2D eigenvalue weighted by molar-refractivity contribution is -0.136. The van der Waals surface area contributed by atoms with E-state index >= 15 is 0 Å². The molecule has 124 valence electrons. The van der Waals surface area contributed by atoms with Crippen LogP contribution < -0.4 is 5.32 Å². The Bertz CT molecular complexity index is 756. The second kappa shape index (κ2) is 6.11. The number of nitrogens with one attached hydrogen (secondary N) is 2. The maximum atomic E-state index is 13.1. The zero-order valence-electron chi connectivity index (χ0n) is 13.4. The van der Waals surface area contributed by atoms with E-state index in [1.807, 2.05) is 35.2 Å². The van der Waals surface area contributed by atoms with Crippen LogP contribution >= 0.6 is 0 Å². The Kier molecular flexibility index (Phi) is 3.80. The van der Waals surface area contributed by atoms with Crippen molar-refractivity contribution in [2.24, 2.45) is 0 Å². The van der Waals surface area contributed by atoms with Gasteiger partial charge >= 0.3 is 0 Å². The Morgan fingerprint density at radius 3 is 2.96 bits per heavy atom. The largest absolute Gasteiger partial charge is 0.341 e. The number of anilines is 1. The summed E-state index contributed by atoms with van der Waals surface area (Å²) in [7, 11) is 0. The molecular formula is C18H20N4O2. The quantitative estimate of drug-likeness (QED) is 0.889. The average Bonchev–Trinajstić information content (AvgIpc) is 3.15.